The van der Waals surface area contributed by atoms with E-state index in [0.29, 0.717) is 13.2 Å². The second kappa shape index (κ2) is 8.05. The number of carbonyl (C=O) groups is 1. The molecule has 1 aliphatic rings. The van der Waals surface area contributed by atoms with Gasteiger partial charge in [0.2, 0.25) is 0 Å². The summed E-state index contributed by atoms with van der Waals surface area (Å²) >= 11 is 0. The number of benzene rings is 1. The van der Waals surface area contributed by atoms with Crippen LogP contribution in [-0.4, -0.2) is 25.3 Å². The fourth-order valence-electron chi connectivity index (χ4n) is 2.17. The fourth-order valence-corrected chi connectivity index (χ4v) is 2.17. The molecule has 1 atom stereocenters. The van der Waals surface area contributed by atoms with Crippen LogP contribution in [0.15, 0.2) is 24.3 Å². The maximum Gasteiger partial charge on any atom is 0.337 e. The molecule has 1 unspecified atom stereocenters. The van der Waals surface area contributed by atoms with Crippen molar-refractivity contribution in [1.82, 2.24) is 0 Å². The molecule has 0 saturated carbocycles. The van der Waals surface area contributed by atoms with Crippen molar-refractivity contribution >= 4 is 5.97 Å². The van der Waals surface area contributed by atoms with E-state index >= 15 is 0 Å². The first-order chi connectivity index (χ1) is 9.75. The Morgan fingerprint density at radius 2 is 1.80 bits per heavy atom. The number of esters is 1. The van der Waals surface area contributed by atoms with E-state index in [9.17, 15) is 4.79 Å². The lowest BCUT2D eigenvalue weighted by Gasteiger charge is -2.04. The summed E-state index contributed by atoms with van der Waals surface area (Å²) in [4.78, 5) is 11.2. The van der Waals surface area contributed by atoms with Gasteiger partial charge in [-0.15, -0.1) is 0 Å². The Hall–Kier alpha value is -1.35. The molecule has 3 heteroatoms. The third-order valence-corrected chi connectivity index (χ3v) is 3.57. The minimum Gasteiger partial charge on any atom is -0.464 e. The Morgan fingerprint density at radius 1 is 1.15 bits per heavy atom. The molecule has 20 heavy (non-hydrogen) atoms. The lowest BCUT2D eigenvalue weighted by Crippen LogP contribution is -2.12. The molecule has 0 amide bonds. The molecular formula is C17H24O3. The number of aryl methyl sites for hydroxylation is 2. The highest BCUT2D eigenvalue weighted by Crippen LogP contribution is 2.12. The first-order valence-corrected chi connectivity index (χ1v) is 7.59. The second-order valence-electron chi connectivity index (χ2n) is 5.49. The summed E-state index contributed by atoms with van der Waals surface area (Å²) in [5, 5.41) is 0. The molecule has 0 aromatic heterocycles. The summed E-state index contributed by atoms with van der Waals surface area (Å²) in [6.45, 7) is 3.19. The van der Waals surface area contributed by atoms with Crippen molar-refractivity contribution in [3.05, 3.63) is 35.4 Å². The summed E-state index contributed by atoms with van der Waals surface area (Å²) in [7, 11) is 0. The van der Waals surface area contributed by atoms with Gasteiger partial charge in [-0.2, -0.15) is 0 Å². The maximum atomic E-state index is 11.2. The third kappa shape index (κ3) is 5.74. The molecule has 0 radical (unpaired) electrons. The summed E-state index contributed by atoms with van der Waals surface area (Å²) in [5.74, 6) is -0.190. The first kappa shape index (κ1) is 15.0. The Balaban J connectivity index is 1.41. The number of epoxide rings is 1. The van der Waals surface area contributed by atoms with Crippen LogP contribution in [0, 0.1) is 6.92 Å². The molecule has 110 valence electrons. The predicted octanol–water partition coefficient (Wildman–Crippen LogP) is 3.43. The Kier molecular flexibility index (Phi) is 6.06. The quantitative estimate of drug-likeness (QED) is 0.394. The Labute approximate surface area is 121 Å². The van der Waals surface area contributed by atoms with Crippen molar-refractivity contribution in [2.24, 2.45) is 0 Å². The van der Waals surface area contributed by atoms with Crippen LogP contribution in [0.5, 0.6) is 0 Å². The smallest absolute Gasteiger partial charge is 0.337 e. The molecular weight excluding hydrogens is 252 g/mol. The van der Waals surface area contributed by atoms with Gasteiger partial charge in [0.1, 0.15) is 0 Å². The predicted molar refractivity (Wildman–Crippen MR) is 78.7 cm³/mol. The third-order valence-electron chi connectivity index (χ3n) is 3.57. The van der Waals surface area contributed by atoms with Gasteiger partial charge in [-0.05, 0) is 31.7 Å². The largest absolute Gasteiger partial charge is 0.464 e. The summed E-state index contributed by atoms with van der Waals surface area (Å²) in [6, 6.07) is 8.78. The van der Waals surface area contributed by atoms with E-state index in [4.69, 9.17) is 9.47 Å². The van der Waals surface area contributed by atoms with Gasteiger partial charge in [-0.25, -0.2) is 4.79 Å². The van der Waals surface area contributed by atoms with E-state index in [1.54, 1.807) is 0 Å². The SMILES string of the molecule is Cc1ccc(CCCCCCCOC(=O)C2CO2)cc1. The first-order valence-electron chi connectivity index (χ1n) is 7.59. The number of hydrogen-bond donors (Lipinski definition) is 0. The topological polar surface area (TPSA) is 38.8 Å². The summed E-state index contributed by atoms with van der Waals surface area (Å²) < 4.78 is 9.94. The Bertz CT molecular complexity index is 407. The molecule has 1 aromatic carbocycles. The van der Waals surface area contributed by atoms with Crippen LogP contribution >= 0.6 is 0 Å². The van der Waals surface area contributed by atoms with Crippen molar-refractivity contribution in [2.75, 3.05) is 13.2 Å². The van der Waals surface area contributed by atoms with E-state index in [1.807, 2.05) is 0 Å². The zero-order chi connectivity index (χ0) is 14.2. The molecule has 1 fully saturated rings. The molecule has 1 aliphatic heterocycles. The molecule has 0 spiro atoms. The number of carbonyl (C=O) groups excluding carboxylic acids is 1. The average molecular weight is 276 g/mol. The standard InChI is InChI=1S/C17H24O3/c1-14-8-10-15(11-9-14)7-5-3-2-4-6-12-19-17(18)16-13-20-16/h8-11,16H,2-7,12-13H2,1H3. The van der Waals surface area contributed by atoms with Gasteiger partial charge < -0.3 is 9.47 Å². The molecule has 3 nitrogen and oxygen atoms in total. The molecule has 1 heterocycles. The molecule has 0 aliphatic carbocycles. The molecule has 1 saturated heterocycles. The van der Waals surface area contributed by atoms with Crippen LogP contribution < -0.4 is 0 Å². The molecule has 1 aromatic rings. The zero-order valence-corrected chi connectivity index (χ0v) is 12.3. The van der Waals surface area contributed by atoms with Gasteiger partial charge in [-0.1, -0.05) is 49.1 Å². The van der Waals surface area contributed by atoms with Crippen LogP contribution in [0.3, 0.4) is 0 Å². The summed E-state index contributed by atoms with van der Waals surface area (Å²) in [5.41, 5.74) is 2.74. The van der Waals surface area contributed by atoms with Crippen molar-refractivity contribution in [1.29, 1.82) is 0 Å². The van der Waals surface area contributed by atoms with E-state index in [0.717, 1.165) is 19.3 Å². The fraction of sp³-hybridized carbons (Fsp3) is 0.588. The van der Waals surface area contributed by atoms with Gasteiger partial charge in [0, 0.05) is 0 Å². The second-order valence-corrected chi connectivity index (χ2v) is 5.49. The maximum absolute atomic E-state index is 11.2. The van der Waals surface area contributed by atoms with Gasteiger partial charge in [-0.3, -0.25) is 0 Å². The lowest BCUT2D eigenvalue weighted by atomic mass is 10.0. The van der Waals surface area contributed by atoms with Crippen molar-refractivity contribution in [2.45, 2.75) is 51.6 Å². The highest BCUT2D eigenvalue weighted by molar-refractivity contribution is 5.76. The van der Waals surface area contributed by atoms with Crippen LogP contribution in [0.4, 0.5) is 0 Å². The van der Waals surface area contributed by atoms with Crippen LogP contribution in [0.1, 0.15) is 43.2 Å². The minimum absolute atomic E-state index is 0.190. The van der Waals surface area contributed by atoms with E-state index in [-0.39, 0.29) is 12.1 Å². The van der Waals surface area contributed by atoms with Crippen molar-refractivity contribution < 1.29 is 14.3 Å². The van der Waals surface area contributed by atoms with E-state index in [2.05, 4.69) is 31.2 Å². The highest BCUT2D eigenvalue weighted by Gasteiger charge is 2.32. The highest BCUT2D eigenvalue weighted by atomic mass is 16.6. The van der Waals surface area contributed by atoms with Crippen LogP contribution in [0.2, 0.25) is 0 Å². The van der Waals surface area contributed by atoms with Crippen LogP contribution in [0.25, 0.3) is 0 Å². The molecule has 2 rings (SSSR count). The lowest BCUT2D eigenvalue weighted by molar-refractivity contribution is -0.145. The van der Waals surface area contributed by atoms with Crippen LogP contribution in [-0.2, 0) is 20.7 Å². The summed E-state index contributed by atoms with van der Waals surface area (Å²) in [6.07, 6.45) is 6.68. The number of ether oxygens (including phenoxy) is 2. The molecule has 0 N–H and O–H groups in total. The minimum atomic E-state index is -0.260. The van der Waals surface area contributed by atoms with E-state index < -0.39 is 0 Å². The zero-order valence-electron chi connectivity index (χ0n) is 12.3. The van der Waals surface area contributed by atoms with Crippen molar-refractivity contribution in [3.63, 3.8) is 0 Å². The van der Waals surface area contributed by atoms with E-state index in [1.165, 1.54) is 30.4 Å². The normalized spacial score (nSPS) is 16.9. The number of rotatable bonds is 9. The number of unbranched alkanes of at least 4 members (excludes halogenated alkanes) is 4. The van der Waals surface area contributed by atoms with Crippen molar-refractivity contribution in [3.8, 4) is 0 Å². The monoisotopic (exact) mass is 276 g/mol. The van der Waals surface area contributed by atoms with Gasteiger partial charge in [0.15, 0.2) is 6.10 Å². The van der Waals surface area contributed by atoms with Gasteiger partial charge in [0.05, 0.1) is 13.2 Å². The molecule has 0 bridgehead atoms. The van der Waals surface area contributed by atoms with Gasteiger partial charge in [0.25, 0.3) is 0 Å². The van der Waals surface area contributed by atoms with Gasteiger partial charge >= 0.3 is 5.97 Å². The average Bonchev–Trinajstić information content (AvgIpc) is 3.28. The number of hydrogen-bond acceptors (Lipinski definition) is 3. The Morgan fingerprint density at radius 3 is 2.50 bits per heavy atom.